The minimum Gasteiger partial charge on any atom is -0.366 e. The van der Waals surface area contributed by atoms with E-state index in [2.05, 4.69) is 11.1 Å². The zero-order valence-corrected chi connectivity index (χ0v) is 12.9. The maximum Gasteiger partial charge on any atom is 0.217 e. The lowest BCUT2D eigenvalue weighted by Gasteiger charge is -2.04. The van der Waals surface area contributed by atoms with Gasteiger partial charge in [-0.25, -0.2) is 0 Å². The van der Waals surface area contributed by atoms with Crippen molar-refractivity contribution in [2.45, 2.75) is 6.92 Å². The Kier molecular flexibility index (Phi) is 4.04. The molecule has 0 bridgehead atoms. The van der Waals surface area contributed by atoms with Gasteiger partial charge >= 0.3 is 0 Å². The third kappa shape index (κ3) is 2.93. The van der Waals surface area contributed by atoms with E-state index >= 15 is 0 Å². The Morgan fingerprint density at radius 2 is 1.86 bits per heavy atom. The first-order chi connectivity index (χ1) is 10.7. The summed E-state index contributed by atoms with van der Waals surface area (Å²) in [6.45, 7) is 2.00. The van der Waals surface area contributed by atoms with Crippen molar-refractivity contribution in [2.75, 3.05) is 0 Å². The first-order valence-corrected chi connectivity index (χ1v) is 7.34. The fraction of sp³-hybridized carbons (Fsp3) is 0.0556. The Morgan fingerprint density at radius 3 is 2.55 bits per heavy atom. The molecule has 4 heteroatoms. The molecule has 3 rings (SSSR count). The number of nitriles is 1. The van der Waals surface area contributed by atoms with Crippen LogP contribution >= 0.6 is 11.6 Å². The molecule has 2 aromatic carbocycles. The summed E-state index contributed by atoms with van der Waals surface area (Å²) < 4.78 is 0. The van der Waals surface area contributed by atoms with Gasteiger partial charge in [0.15, 0.2) is 0 Å². The summed E-state index contributed by atoms with van der Waals surface area (Å²) in [5.41, 5.74) is 5.35. The predicted molar refractivity (Wildman–Crippen MR) is 92.2 cm³/mol. The second-order valence-electron chi connectivity index (χ2n) is 5.16. The lowest BCUT2D eigenvalue weighted by Crippen LogP contribution is -2.30. The smallest absolute Gasteiger partial charge is 0.217 e. The quantitative estimate of drug-likeness (QED) is 0.742. The van der Waals surface area contributed by atoms with Crippen LogP contribution in [0.2, 0.25) is 5.02 Å². The zero-order valence-electron chi connectivity index (χ0n) is 12.1. The van der Waals surface area contributed by atoms with Crippen LogP contribution in [0.25, 0.3) is 11.3 Å². The Balaban J connectivity index is 1.97. The van der Waals surface area contributed by atoms with E-state index in [0.717, 1.165) is 27.9 Å². The van der Waals surface area contributed by atoms with Crippen molar-refractivity contribution in [2.24, 2.45) is 0 Å². The second kappa shape index (κ2) is 6.13. The van der Waals surface area contributed by atoms with Crippen LogP contribution in [0, 0.1) is 18.3 Å². The molecule has 1 aromatic heterocycles. The third-order valence-corrected chi connectivity index (χ3v) is 3.84. The van der Waals surface area contributed by atoms with Gasteiger partial charge in [0.1, 0.15) is 6.07 Å². The maximum absolute atomic E-state index is 9.35. The normalized spacial score (nSPS) is 10.2. The molecule has 1 radical (unpaired) electrons. The SMILES string of the molecule is Cc1ccc([B]c2[nH]c(-c3ccccc3)cc2C#N)c(Cl)c1. The fourth-order valence-corrected chi connectivity index (χ4v) is 2.64. The molecule has 3 aromatic rings. The molecular weight excluding hydrogens is 290 g/mol. The molecule has 0 saturated heterocycles. The molecule has 0 amide bonds. The van der Waals surface area contributed by atoms with Crippen molar-refractivity contribution in [3.63, 3.8) is 0 Å². The zero-order chi connectivity index (χ0) is 15.5. The Labute approximate surface area is 135 Å². The van der Waals surface area contributed by atoms with E-state index in [1.54, 1.807) is 0 Å². The van der Waals surface area contributed by atoms with Crippen molar-refractivity contribution >= 4 is 29.9 Å². The predicted octanol–water partition coefficient (Wildman–Crippen LogP) is 3.17. The monoisotopic (exact) mass is 303 g/mol. The highest BCUT2D eigenvalue weighted by atomic mass is 35.5. The van der Waals surface area contributed by atoms with Gasteiger partial charge in [-0.3, -0.25) is 0 Å². The molecule has 2 nitrogen and oxygen atoms in total. The van der Waals surface area contributed by atoms with E-state index in [1.165, 1.54) is 0 Å². The number of halogens is 1. The van der Waals surface area contributed by atoms with Crippen molar-refractivity contribution in [1.82, 2.24) is 4.98 Å². The lowest BCUT2D eigenvalue weighted by atomic mass is 9.66. The molecule has 0 aliphatic rings. The van der Waals surface area contributed by atoms with Crippen LogP contribution in [0.15, 0.2) is 54.6 Å². The number of nitrogens with zero attached hydrogens (tertiary/aromatic N) is 1. The number of H-pyrrole nitrogens is 1. The Morgan fingerprint density at radius 1 is 1.09 bits per heavy atom. The summed E-state index contributed by atoms with van der Waals surface area (Å²) in [5, 5.41) is 10.0. The summed E-state index contributed by atoms with van der Waals surface area (Å²) in [5.74, 6) is 0. The minimum atomic E-state index is 0.607. The number of aromatic nitrogens is 1. The Bertz CT molecular complexity index is 847. The lowest BCUT2D eigenvalue weighted by molar-refractivity contribution is 1.44. The summed E-state index contributed by atoms with van der Waals surface area (Å²) >= 11 is 6.27. The number of benzene rings is 2. The average molecular weight is 304 g/mol. The van der Waals surface area contributed by atoms with Gasteiger partial charge < -0.3 is 4.98 Å². The highest BCUT2D eigenvalue weighted by Gasteiger charge is 2.12. The van der Waals surface area contributed by atoms with Crippen molar-refractivity contribution in [3.8, 4) is 17.3 Å². The molecule has 0 aliphatic heterocycles. The largest absolute Gasteiger partial charge is 0.366 e. The average Bonchev–Trinajstić information content (AvgIpc) is 2.94. The summed E-state index contributed by atoms with van der Waals surface area (Å²) in [6.07, 6.45) is 0. The van der Waals surface area contributed by atoms with Crippen molar-refractivity contribution < 1.29 is 0 Å². The van der Waals surface area contributed by atoms with Crippen LogP contribution in [0.4, 0.5) is 0 Å². The van der Waals surface area contributed by atoms with E-state index in [-0.39, 0.29) is 0 Å². The van der Waals surface area contributed by atoms with E-state index in [0.29, 0.717) is 10.6 Å². The van der Waals surface area contributed by atoms with E-state index in [4.69, 9.17) is 11.6 Å². The number of nitrogens with one attached hydrogen (secondary N) is 1. The number of aryl methyl sites for hydroxylation is 1. The molecule has 1 heterocycles. The number of rotatable bonds is 3. The van der Waals surface area contributed by atoms with Crippen LogP contribution in [-0.2, 0) is 0 Å². The van der Waals surface area contributed by atoms with Gasteiger partial charge in [-0.2, -0.15) is 5.26 Å². The topological polar surface area (TPSA) is 39.6 Å². The number of hydrogen-bond donors (Lipinski definition) is 1. The molecule has 0 aliphatic carbocycles. The first-order valence-electron chi connectivity index (χ1n) is 6.97. The van der Waals surface area contributed by atoms with Gasteiger partial charge in [-0.15, -0.1) is 0 Å². The highest BCUT2D eigenvalue weighted by Crippen LogP contribution is 2.17. The van der Waals surface area contributed by atoms with E-state index in [9.17, 15) is 5.26 Å². The summed E-state index contributed by atoms with van der Waals surface area (Å²) in [7, 11) is 1.91. The first kappa shape index (κ1) is 14.5. The molecule has 0 fully saturated rings. The molecule has 0 atom stereocenters. The van der Waals surface area contributed by atoms with Gasteiger partial charge in [-0.1, -0.05) is 59.5 Å². The highest BCUT2D eigenvalue weighted by molar-refractivity contribution is 6.70. The van der Waals surface area contributed by atoms with E-state index in [1.807, 2.05) is 68.8 Å². The summed E-state index contributed by atoms with van der Waals surface area (Å²) in [4.78, 5) is 3.30. The second-order valence-corrected chi connectivity index (χ2v) is 5.56. The molecular formula is C18H13BClN2. The standard InChI is InChI=1S/C18H13BClN2/c1-12-7-8-15(16(20)9-12)19-18-14(11-21)10-17(22-18)13-5-3-2-4-6-13/h2-10,22H,1H3. The molecule has 0 unspecified atom stereocenters. The fourth-order valence-electron chi connectivity index (χ4n) is 2.35. The molecule has 0 spiro atoms. The van der Waals surface area contributed by atoms with Gasteiger partial charge in [-0.05, 0) is 35.8 Å². The van der Waals surface area contributed by atoms with Gasteiger partial charge in [0, 0.05) is 10.7 Å². The van der Waals surface area contributed by atoms with E-state index < -0.39 is 0 Å². The van der Waals surface area contributed by atoms with Crippen LogP contribution < -0.4 is 11.1 Å². The van der Waals surface area contributed by atoms with Crippen LogP contribution in [0.3, 0.4) is 0 Å². The Hall–Kier alpha value is -2.44. The van der Waals surface area contributed by atoms with Gasteiger partial charge in [0.05, 0.1) is 5.56 Å². The van der Waals surface area contributed by atoms with Crippen molar-refractivity contribution in [3.05, 3.63) is 70.7 Å². The number of aromatic amines is 1. The number of hydrogen-bond acceptors (Lipinski definition) is 1. The van der Waals surface area contributed by atoms with Gasteiger partial charge in [0.2, 0.25) is 7.28 Å². The maximum atomic E-state index is 9.35. The molecule has 1 N–H and O–H groups in total. The molecule has 22 heavy (non-hydrogen) atoms. The van der Waals surface area contributed by atoms with Crippen LogP contribution in [-0.4, -0.2) is 12.3 Å². The molecule has 105 valence electrons. The van der Waals surface area contributed by atoms with Crippen molar-refractivity contribution in [1.29, 1.82) is 5.26 Å². The third-order valence-electron chi connectivity index (χ3n) is 3.51. The van der Waals surface area contributed by atoms with Crippen LogP contribution in [0.5, 0.6) is 0 Å². The summed E-state index contributed by atoms with van der Waals surface area (Å²) in [6, 6.07) is 19.9. The molecule has 0 saturated carbocycles. The van der Waals surface area contributed by atoms with Gasteiger partial charge in [0.25, 0.3) is 0 Å². The minimum absolute atomic E-state index is 0.607. The van der Waals surface area contributed by atoms with Crippen LogP contribution in [0.1, 0.15) is 11.1 Å².